The fourth-order valence-corrected chi connectivity index (χ4v) is 1.75. The summed E-state index contributed by atoms with van der Waals surface area (Å²) in [5.41, 5.74) is 2.30. The molecule has 2 heteroatoms. The molecule has 0 aliphatic heterocycles. The van der Waals surface area contributed by atoms with Gasteiger partial charge in [-0.1, -0.05) is 36.8 Å². The number of hydrogen-bond acceptors (Lipinski definition) is 2. The molecule has 0 heterocycles. The van der Waals surface area contributed by atoms with E-state index < -0.39 is 0 Å². The minimum atomic E-state index is -0.121. The molecule has 0 aromatic heterocycles. The van der Waals surface area contributed by atoms with Gasteiger partial charge in [-0.15, -0.1) is 0 Å². The fraction of sp³-hybridized carbons (Fsp3) is 0.462. The van der Waals surface area contributed by atoms with Gasteiger partial charge in [0.05, 0.1) is 6.07 Å². The Labute approximate surface area is 92.1 Å². The molecular formula is C13H18N2. The lowest BCUT2D eigenvalue weighted by Crippen LogP contribution is -2.24. The van der Waals surface area contributed by atoms with Crippen molar-refractivity contribution in [2.45, 2.75) is 26.3 Å². The lowest BCUT2D eigenvalue weighted by Gasteiger charge is -2.22. The van der Waals surface area contributed by atoms with Gasteiger partial charge < -0.3 is 0 Å². The van der Waals surface area contributed by atoms with Crippen LogP contribution in [0, 0.1) is 18.3 Å². The van der Waals surface area contributed by atoms with Crippen molar-refractivity contribution in [2.24, 2.45) is 0 Å². The first-order valence-corrected chi connectivity index (χ1v) is 5.35. The Hall–Kier alpha value is -1.33. The average Bonchev–Trinajstić information content (AvgIpc) is 2.19. The van der Waals surface area contributed by atoms with Crippen LogP contribution in [0.4, 0.5) is 0 Å². The van der Waals surface area contributed by atoms with Crippen LogP contribution in [0.5, 0.6) is 0 Å². The van der Waals surface area contributed by atoms with E-state index in [0.717, 1.165) is 18.5 Å². The van der Waals surface area contributed by atoms with Gasteiger partial charge in [0.25, 0.3) is 0 Å². The molecular weight excluding hydrogens is 184 g/mol. The summed E-state index contributed by atoms with van der Waals surface area (Å²) in [6, 6.07) is 10.4. The summed E-state index contributed by atoms with van der Waals surface area (Å²) < 4.78 is 0. The number of aryl methyl sites for hydroxylation is 1. The molecule has 0 N–H and O–H groups in total. The maximum atomic E-state index is 9.18. The summed E-state index contributed by atoms with van der Waals surface area (Å²) in [5.74, 6) is 0. The van der Waals surface area contributed by atoms with Gasteiger partial charge >= 0.3 is 0 Å². The van der Waals surface area contributed by atoms with Crippen molar-refractivity contribution >= 4 is 0 Å². The average molecular weight is 202 g/mol. The molecule has 1 atom stereocenters. The van der Waals surface area contributed by atoms with Crippen LogP contribution >= 0.6 is 0 Å². The molecule has 0 saturated carbocycles. The Morgan fingerprint density at radius 3 is 2.73 bits per heavy atom. The zero-order chi connectivity index (χ0) is 11.3. The maximum Gasteiger partial charge on any atom is 0.123 e. The van der Waals surface area contributed by atoms with E-state index in [0.29, 0.717) is 0 Å². The van der Waals surface area contributed by atoms with Gasteiger partial charge in [0.1, 0.15) is 6.04 Å². The van der Waals surface area contributed by atoms with Crippen molar-refractivity contribution < 1.29 is 0 Å². The first-order valence-electron chi connectivity index (χ1n) is 5.35. The first-order chi connectivity index (χ1) is 7.19. The molecule has 0 aliphatic carbocycles. The third kappa shape index (κ3) is 3.07. The zero-order valence-electron chi connectivity index (χ0n) is 9.70. The third-order valence-corrected chi connectivity index (χ3v) is 2.50. The molecule has 2 nitrogen and oxygen atoms in total. The van der Waals surface area contributed by atoms with Gasteiger partial charge in [-0.2, -0.15) is 5.26 Å². The molecule has 0 bridgehead atoms. The highest BCUT2D eigenvalue weighted by atomic mass is 15.1. The molecule has 1 rings (SSSR count). The van der Waals surface area contributed by atoms with Gasteiger partial charge in [-0.25, -0.2) is 0 Å². The second-order valence-corrected chi connectivity index (χ2v) is 3.93. The Balaban J connectivity index is 2.88. The van der Waals surface area contributed by atoms with E-state index in [1.54, 1.807) is 0 Å². The first kappa shape index (κ1) is 11.7. The molecule has 0 fully saturated rings. The Kier molecular flexibility index (Phi) is 4.33. The van der Waals surface area contributed by atoms with Crippen molar-refractivity contribution in [1.29, 1.82) is 5.26 Å². The Bertz CT molecular complexity index is 352. The fourth-order valence-electron chi connectivity index (χ4n) is 1.75. The van der Waals surface area contributed by atoms with E-state index in [9.17, 15) is 5.26 Å². The van der Waals surface area contributed by atoms with Gasteiger partial charge in [-0.05, 0) is 32.5 Å². The molecule has 15 heavy (non-hydrogen) atoms. The number of benzene rings is 1. The summed E-state index contributed by atoms with van der Waals surface area (Å²) in [6.45, 7) is 5.13. The van der Waals surface area contributed by atoms with E-state index in [4.69, 9.17) is 0 Å². The Morgan fingerprint density at radius 1 is 1.47 bits per heavy atom. The van der Waals surface area contributed by atoms with E-state index in [-0.39, 0.29) is 6.04 Å². The molecule has 80 valence electrons. The number of rotatable bonds is 4. The minimum absolute atomic E-state index is 0.121. The van der Waals surface area contributed by atoms with E-state index in [2.05, 4.69) is 36.9 Å². The van der Waals surface area contributed by atoms with Crippen molar-refractivity contribution in [3.05, 3.63) is 35.4 Å². The summed E-state index contributed by atoms with van der Waals surface area (Å²) >= 11 is 0. The summed E-state index contributed by atoms with van der Waals surface area (Å²) in [4.78, 5) is 2.09. The number of nitrogens with zero attached hydrogens (tertiary/aromatic N) is 2. The quantitative estimate of drug-likeness (QED) is 0.750. The van der Waals surface area contributed by atoms with Gasteiger partial charge in [0.2, 0.25) is 0 Å². The van der Waals surface area contributed by atoms with Gasteiger partial charge in [-0.3, -0.25) is 4.90 Å². The van der Waals surface area contributed by atoms with Crippen molar-refractivity contribution in [1.82, 2.24) is 4.90 Å². The maximum absolute atomic E-state index is 9.18. The lowest BCUT2D eigenvalue weighted by molar-refractivity contribution is 0.292. The molecule has 0 saturated heterocycles. The van der Waals surface area contributed by atoms with Crippen LogP contribution in [0.1, 0.15) is 30.5 Å². The highest BCUT2D eigenvalue weighted by Crippen LogP contribution is 2.19. The second kappa shape index (κ2) is 5.53. The molecule has 0 radical (unpaired) electrons. The highest BCUT2D eigenvalue weighted by molar-refractivity contribution is 5.28. The topological polar surface area (TPSA) is 27.0 Å². The monoisotopic (exact) mass is 202 g/mol. The zero-order valence-corrected chi connectivity index (χ0v) is 9.70. The summed E-state index contributed by atoms with van der Waals surface area (Å²) in [6.07, 6.45) is 1.07. The molecule has 1 aromatic carbocycles. The smallest absolute Gasteiger partial charge is 0.123 e. The Morgan fingerprint density at radius 2 is 2.20 bits per heavy atom. The van der Waals surface area contributed by atoms with Gasteiger partial charge in [0.15, 0.2) is 0 Å². The second-order valence-electron chi connectivity index (χ2n) is 3.93. The molecule has 0 aliphatic rings. The largest absolute Gasteiger partial charge is 0.287 e. The molecule has 1 aromatic rings. The normalized spacial score (nSPS) is 12.5. The molecule has 0 spiro atoms. The molecule has 0 amide bonds. The highest BCUT2D eigenvalue weighted by Gasteiger charge is 2.15. The number of hydrogen-bond donors (Lipinski definition) is 0. The van der Waals surface area contributed by atoms with E-state index in [1.165, 1.54) is 5.56 Å². The van der Waals surface area contributed by atoms with Crippen LogP contribution in [0.15, 0.2) is 24.3 Å². The van der Waals surface area contributed by atoms with Crippen LogP contribution in [0.3, 0.4) is 0 Å². The van der Waals surface area contributed by atoms with Crippen molar-refractivity contribution in [3.63, 3.8) is 0 Å². The van der Waals surface area contributed by atoms with Crippen molar-refractivity contribution in [2.75, 3.05) is 13.6 Å². The predicted molar refractivity (Wildman–Crippen MR) is 62.5 cm³/mol. The van der Waals surface area contributed by atoms with Gasteiger partial charge in [0, 0.05) is 0 Å². The SMILES string of the molecule is CCCN(C)C(C#N)c1cccc(C)c1. The number of nitriles is 1. The van der Waals surface area contributed by atoms with Crippen LogP contribution in [-0.2, 0) is 0 Å². The van der Waals surface area contributed by atoms with E-state index in [1.807, 2.05) is 19.2 Å². The molecule has 1 unspecified atom stereocenters. The van der Waals surface area contributed by atoms with Crippen LogP contribution < -0.4 is 0 Å². The van der Waals surface area contributed by atoms with Crippen LogP contribution in [-0.4, -0.2) is 18.5 Å². The van der Waals surface area contributed by atoms with Crippen LogP contribution in [0.25, 0.3) is 0 Å². The van der Waals surface area contributed by atoms with E-state index >= 15 is 0 Å². The summed E-state index contributed by atoms with van der Waals surface area (Å²) in [7, 11) is 2.00. The third-order valence-electron chi connectivity index (χ3n) is 2.50. The van der Waals surface area contributed by atoms with Crippen LogP contribution in [0.2, 0.25) is 0 Å². The predicted octanol–water partition coefficient (Wildman–Crippen LogP) is 2.90. The summed E-state index contributed by atoms with van der Waals surface area (Å²) in [5, 5.41) is 9.18. The minimum Gasteiger partial charge on any atom is -0.287 e. The lowest BCUT2D eigenvalue weighted by atomic mass is 10.0. The van der Waals surface area contributed by atoms with Crippen molar-refractivity contribution in [3.8, 4) is 6.07 Å². The standard InChI is InChI=1S/C13H18N2/c1-4-8-15(3)13(10-14)12-7-5-6-11(2)9-12/h5-7,9,13H,4,8H2,1-3H3.